The highest BCUT2D eigenvalue weighted by Gasteiger charge is 2.30. The van der Waals surface area contributed by atoms with Crippen molar-refractivity contribution < 1.29 is 19.5 Å². The largest absolute Gasteiger partial charge is 0.478 e. The standard InChI is InChI=1S/C23H16O4/c1-13-14(6-4-9-15(13)23(26)27)12-20(24)19-11-5-10-17-16-7-2-3-8-18(16)22(25)21(17)19/h2-11H,12H2,1H3,(H,26,27). The van der Waals surface area contributed by atoms with Gasteiger partial charge in [-0.2, -0.15) is 0 Å². The number of carbonyl (C=O) groups is 3. The number of carbonyl (C=O) groups excluding carboxylic acids is 2. The van der Waals surface area contributed by atoms with E-state index in [1.54, 1.807) is 37.3 Å². The summed E-state index contributed by atoms with van der Waals surface area (Å²) in [6.07, 6.45) is 0.0486. The fourth-order valence-corrected chi connectivity index (χ4v) is 3.68. The molecule has 0 spiro atoms. The zero-order valence-electron chi connectivity index (χ0n) is 14.7. The van der Waals surface area contributed by atoms with Crippen molar-refractivity contribution in [1.29, 1.82) is 0 Å². The van der Waals surface area contributed by atoms with Gasteiger partial charge in [0.05, 0.1) is 5.56 Å². The number of Topliss-reactive ketones (excluding diaryl/α,β-unsaturated/α-hetero) is 1. The summed E-state index contributed by atoms with van der Waals surface area (Å²) in [4.78, 5) is 37.2. The van der Waals surface area contributed by atoms with Crippen LogP contribution in [0.15, 0.2) is 60.7 Å². The van der Waals surface area contributed by atoms with Gasteiger partial charge in [0, 0.05) is 23.1 Å². The maximum atomic E-state index is 13.0. The van der Waals surface area contributed by atoms with E-state index >= 15 is 0 Å². The van der Waals surface area contributed by atoms with Gasteiger partial charge in [-0.25, -0.2) is 4.79 Å². The monoisotopic (exact) mass is 356 g/mol. The Hall–Kier alpha value is -3.53. The van der Waals surface area contributed by atoms with E-state index in [1.807, 2.05) is 24.3 Å². The Labute approximate surface area is 156 Å². The maximum Gasteiger partial charge on any atom is 0.335 e. The molecule has 3 aromatic carbocycles. The normalized spacial score (nSPS) is 11.8. The summed E-state index contributed by atoms with van der Waals surface area (Å²) < 4.78 is 0. The molecular weight excluding hydrogens is 340 g/mol. The molecule has 0 bridgehead atoms. The number of carboxylic acid groups (broad SMARTS) is 1. The van der Waals surface area contributed by atoms with Crippen molar-refractivity contribution in [3.63, 3.8) is 0 Å². The van der Waals surface area contributed by atoms with E-state index < -0.39 is 5.97 Å². The van der Waals surface area contributed by atoms with Crippen LogP contribution in [-0.2, 0) is 6.42 Å². The Morgan fingerprint density at radius 1 is 0.815 bits per heavy atom. The third-order valence-corrected chi connectivity index (χ3v) is 5.08. The van der Waals surface area contributed by atoms with Gasteiger partial charge in [0.15, 0.2) is 11.6 Å². The lowest BCUT2D eigenvalue weighted by Gasteiger charge is -2.10. The molecule has 1 N–H and O–H groups in total. The first-order valence-electron chi connectivity index (χ1n) is 8.61. The van der Waals surface area contributed by atoms with Gasteiger partial charge in [-0.15, -0.1) is 0 Å². The van der Waals surface area contributed by atoms with Gasteiger partial charge >= 0.3 is 5.97 Å². The summed E-state index contributed by atoms with van der Waals surface area (Å²) in [5.41, 5.74) is 4.46. The van der Waals surface area contributed by atoms with E-state index in [1.165, 1.54) is 6.07 Å². The Morgan fingerprint density at radius 3 is 2.19 bits per heavy atom. The summed E-state index contributed by atoms with van der Waals surface area (Å²) >= 11 is 0. The summed E-state index contributed by atoms with van der Waals surface area (Å²) in [5.74, 6) is -1.35. The van der Waals surface area contributed by atoms with E-state index in [4.69, 9.17) is 0 Å². The second-order valence-corrected chi connectivity index (χ2v) is 6.60. The minimum Gasteiger partial charge on any atom is -0.478 e. The average molecular weight is 356 g/mol. The van der Waals surface area contributed by atoms with Crippen molar-refractivity contribution in [2.75, 3.05) is 0 Å². The molecule has 27 heavy (non-hydrogen) atoms. The molecule has 0 heterocycles. The molecule has 3 aromatic rings. The van der Waals surface area contributed by atoms with Crippen LogP contribution in [0.2, 0.25) is 0 Å². The van der Waals surface area contributed by atoms with Crippen LogP contribution in [0.5, 0.6) is 0 Å². The average Bonchev–Trinajstić information content (AvgIpc) is 2.96. The van der Waals surface area contributed by atoms with E-state index in [-0.39, 0.29) is 23.6 Å². The molecule has 0 unspecified atom stereocenters. The molecule has 132 valence electrons. The Bertz CT molecular complexity index is 1120. The van der Waals surface area contributed by atoms with E-state index in [2.05, 4.69) is 0 Å². The van der Waals surface area contributed by atoms with E-state index in [0.29, 0.717) is 27.8 Å². The maximum absolute atomic E-state index is 13.0. The summed E-state index contributed by atoms with van der Waals surface area (Å²) in [6.45, 7) is 1.70. The van der Waals surface area contributed by atoms with Gasteiger partial charge in [0.2, 0.25) is 0 Å². The second kappa shape index (κ2) is 6.32. The smallest absolute Gasteiger partial charge is 0.335 e. The first-order valence-corrected chi connectivity index (χ1v) is 8.61. The molecule has 0 aliphatic heterocycles. The highest BCUT2D eigenvalue weighted by Crippen LogP contribution is 2.38. The molecule has 0 atom stereocenters. The molecule has 0 aromatic heterocycles. The highest BCUT2D eigenvalue weighted by atomic mass is 16.4. The summed E-state index contributed by atoms with van der Waals surface area (Å²) in [5, 5.41) is 9.27. The topological polar surface area (TPSA) is 71.4 Å². The number of benzene rings is 3. The molecule has 0 fully saturated rings. The minimum absolute atomic E-state index is 0.0486. The molecule has 1 aliphatic rings. The van der Waals surface area contributed by atoms with Crippen LogP contribution in [0.3, 0.4) is 0 Å². The van der Waals surface area contributed by atoms with Crippen molar-refractivity contribution in [3.8, 4) is 11.1 Å². The third kappa shape index (κ3) is 2.66. The number of aromatic carboxylic acids is 1. The van der Waals surface area contributed by atoms with Crippen molar-refractivity contribution >= 4 is 17.5 Å². The molecule has 4 rings (SSSR count). The lowest BCUT2D eigenvalue weighted by molar-refractivity contribution is 0.0695. The number of carboxylic acids is 1. The Balaban J connectivity index is 1.75. The molecule has 0 saturated heterocycles. The van der Waals surface area contributed by atoms with Crippen LogP contribution in [0.4, 0.5) is 0 Å². The SMILES string of the molecule is Cc1c(CC(=O)c2cccc3c2C(=O)c2ccccc2-3)cccc1C(=O)O. The molecule has 0 saturated carbocycles. The molecule has 4 nitrogen and oxygen atoms in total. The molecular formula is C23H16O4. The molecule has 1 aliphatic carbocycles. The van der Waals surface area contributed by atoms with Gasteiger partial charge in [0.1, 0.15) is 0 Å². The van der Waals surface area contributed by atoms with Crippen LogP contribution in [0, 0.1) is 6.92 Å². The van der Waals surface area contributed by atoms with Gasteiger partial charge in [-0.1, -0.05) is 54.6 Å². The van der Waals surface area contributed by atoms with Crippen LogP contribution >= 0.6 is 0 Å². The summed E-state index contributed by atoms with van der Waals surface area (Å²) in [7, 11) is 0. The zero-order valence-corrected chi connectivity index (χ0v) is 14.7. The Morgan fingerprint density at radius 2 is 1.44 bits per heavy atom. The molecule has 0 amide bonds. The number of ketones is 2. The predicted octanol–water partition coefficient (Wildman–Crippen LogP) is 4.33. The Kier molecular flexibility index (Phi) is 3.96. The van der Waals surface area contributed by atoms with E-state index in [0.717, 1.165) is 11.1 Å². The second-order valence-electron chi connectivity index (χ2n) is 6.60. The quantitative estimate of drug-likeness (QED) is 0.553. The van der Waals surface area contributed by atoms with Gasteiger partial charge in [0.25, 0.3) is 0 Å². The fraction of sp³-hybridized carbons (Fsp3) is 0.0870. The van der Waals surface area contributed by atoms with Crippen LogP contribution in [0.25, 0.3) is 11.1 Å². The first kappa shape index (κ1) is 16.9. The predicted molar refractivity (Wildman–Crippen MR) is 101 cm³/mol. The zero-order chi connectivity index (χ0) is 19.1. The fourth-order valence-electron chi connectivity index (χ4n) is 3.68. The highest BCUT2D eigenvalue weighted by molar-refractivity contribution is 6.26. The van der Waals surface area contributed by atoms with Crippen LogP contribution in [0.1, 0.15) is 47.8 Å². The van der Waals surface area contributed by atoms with Crippen LogP contribution < -0.4 is 0 Å². The van der Waals surface area contributed by atoms with Crippen molar-refractivity contribution in [3.05, 3.63) is 94.0 Å². The lowest BCUT2D eigenvalue weighted by atomic mass is 9.92. The third-order valence-electron chi connectivity index (χ3n) is 5.08. The number of fused-ring (bicyclic) bond motifs is 3. The first-order chi connectivity index (χ1) is 13.0. The van der Waals surface area contributed by atoms with Crippen molar-refractivity contribution in [1.82, 2.24) is 0 Å². The molecule has 0 radical (unpaired) electrons. The molecule has 4 heteroatoms. The van der Waals surface area contributed by atoms with Gasteiger partial charge in [-0.3, -0.25) is 9.59 Å². The number of hydrogen-bond donors (Lipinski definition) is 1. The van der Waals surface area contributed by atoms with Gasteiger partial charge < -0.3 is 5.11 Å². The number of rotatable bonds is 4. The van der Waals surface area contributed by atoms with Crippen LogP contribution in [-0.4, -0.2) is 22.6 Å². The van der Waals surface area contributed by atoms with Crippen molar-refractivity contribution in [2.24, 2.45) is 0 Å². The van der Waals surface area contributed by atoms with Crippen molar-refractivity contribution in [2.45, 2.75) is 13.3 Å². The summed E-state index contributed by atoms with van der Waals surface area (Å²) in [6, 6.07) is 17.5. The lowest BCUT2D eigenvalue weighted by Crippen LogP contribution is -2.12. The van der Waals surface area contributed by atoms with Gasteiger partial charge in [-0.05, 0) is 35.2 Å². The number of hydrogen-bond acceptors (Lipinski definition) is 3. The minimum atomic E-state index is -1.02. The van der Waals surface area contributed by atoms with E-state index in [9.17, 15) is 19.5 Å².